The Morgan fingerprint density at radius 2 is 1.69 bits per heavy atom. The van der Waals surface area contributed by atoms with Gasteiger partial charge in [-0.2, -0.15) is 5.10 Å². The number of benzene rings is 2. The topological polar surface area (TPSA) is 111 Å². The van der Waals surface area contributed by atoms with Crippen molar-refractivity contribution in [2.24, 2.45) is 5.73 Å². The van der Waals surface area contributed by atoms with Crippen LogP contribution in [0.5, 0.6) is 5.75 Å². The van der Waals surface area contributed by atoms with E-state index >= 15 is 0 Å². The van der Waals surface area contributed by atoms with Gasteiger partial charge in [0.25, 0.3) is 11.8 Å². The van der Waals surface area contributed by atoms with Gasteiger partial charge in [-0.3, -0.25) is 14.4 Å². The van der Waals surface area contributed by atoms with Gasteiger partial charge in [-0.15, -0.1) is 0 Å². The summed E-state index contributed by atoms with van der Waals surface area (Å²) < 4.78 is 6.71. The van der Waals surface area contributed by atoms with Crippen LogP contribution in [0.15, 0.2) is 48.5 Å². The number of fused-ring (bicyclic) bond motifs is 1. The van der Waals surface area contributed by atoms with Crippen LogP contribution < -0.4 is 15.4 Å². The number of hydrogen-bond acceptors (Lipinski definition) is 5. The van der Waals surface area contributed by atoms with Crippen LogP contribution in [0.1, 0.15) is 51.4 Å². The van der Waals surface area contributed by atoms with Crippen molar-refractivity contribution in [2.75, 3.05) is 25.1 Å². The average molecular weight is 474 g/mol. The summed E-state index contributed by atoms with van der Waals surface area (Å²) >= 11 is 0. The highest BCUT2D eigenvalue weighted by molar-refractivity contribution is 6.01. The van der Waals surface area contributed by atoms with E-state index in [1.165, 1.54) is 4.68 Å². The first kappa shape index (κ1) is 22.6. The molecule has 3 amide bonds. The van der Waals surface area contributed by atoms with E-state index in [1.54, 1.807) is 36.3 Å². The van der Waals surface area contributed by atoms with Crippen molar-refractivity contribution in [3.8, 4) is 11.4 Å². The fourth-order valence-electron chi connectivity index (χ4n) is 4.74. The summed E-state index contributed by atoms with van der Waals surface area (Å²) in [5.41, 5.74) is 9.11. The van der Waals surface area contributed by atoms with E-state index in [9.17, 15) is 14.4 Å². The summed E-state index contributed by atoms with van der Waals surface area (Å²) in [7, 11) is 1.58. The molecule has 0 saturated carbocycles. The molecule has 1 aromatic heterocycles. The molecule has 1 fully saturated rings. The number of aromatic nitrogens is 2. The number of anilines is 1. The highest BCUT2D eigenvalue weighted by atomic mass is 16.5. The number of hydrogen-bond donors (Lipinski definition) is 1. The SMILES string of the molecule is COc1ccc(-n2nc(C(N)=O)c3c2C(=O)N(Cc2ccc(N4CCCCC4=O)cc2)CC3)cc1. The standard InChI is InChI=1S/C26H27N5O4/c1-35-20-11-9-19(10-12-20)31-24-21(23(28-31)25(27)33)13-15-29(26(24)34)16-17-5-7-18(8-6-17)30-14-3-2-4-22(30)32/h5-12H,2-4,13-16H2,1H3,(H2,27,33). The average Bonchev–Trinajstić information content (AvgIpc) is 3.27. The normalized spacial score (nSPS) is 15.8. The number of carbonyl (C=O) groups excluding carboxylic acids is 3. The van der Waals surface area contributed by atoms with Gasteiger partial charge in [-0.05, 0) is 61.2 Å². The summed E-state index contributed by atoms with van der Waals surface area (Å²) in [6.45, 7) is 1.60. The second-order valence-electron chi connectivity index (χ2n) is 8.80. The van der Waals surface area contributed by atoms with Crippen molar-refractivity contribution in [1.29, 1.82) is 0 Å². The number of ether oxygens (including phenoxy) is 1. The fourth-order valence-corrected chi connectivity index (χ4v) is 4.74. The van der Waals surface area contributed by atoms with Crippen LogP contribution in [0.3, 0.4) is 0 Å². The van der Waals surface area contributed by atoms with Gasteiger partial charge in [0.15, 0.2) is 5.69 Å². The molecule has 9 nitrogen and oxygen atoms in total. The Hall–Kier alpha value is -4.14. The van der Waals surface area contributed by atoms with E-state index in [0.29, 0.717) is 48.6 Å². The number of nitrogens with zero attached hydrogens (tertiary/aromatic N) is 4. The van der Waals surface area contributed by atoms with E-state index in [4.69, 9.17) is 10.5 Å². The lowest BCUT2D eigenvalue weighted by Gasteiger charge is -2.29. The quantitative estimate of drug-likeness (QED) is 0.592. The monoisotopic (exact) mass is 473 g/mol. The third-order valence-electron chi connectivity index (χ3n) is 6.60. The number of primary amides is 1. The third kappa shape index (κ3) is 4.25. The summed E-state index contributed by atoms with van der Waals surface area (Å²) in [5.74, 6) is -0.0395. The Morgan fingerprint density at radius 1 is 0.971 bits per heavy atom. The minimum atomic E-state index is -0.655. The Morgan fingerprint density at radius 3 is 2.34 bits per heavy atom. The summed E-state index contributed by atoms with van der Waals surface area (Å²) in [4.78, 5) is 41.4. The second-order valence-corrected chi connectivity index (χ2v) is 8.80. The number of nitrogens with two attached hydrogens (primary N) is 1. The highest BCUT2D eigenvalue weighted by Gasteiger charge is 2.34. The molecule has 0 atom stereocenters. The van der Waals surface area contributed by atoms with E-state index in [2.05, 4.69) is 5.10 Å². The molecule has 0 unspecified atom stereocenters. The fraction of sp³-hybridized carbons (Fsp3) is 0.308. The van der Waals surface area contributed by atoms with Crippen molar-refractivity contribution in [2.45, 2.75) is 32.2 Å². The molecule has 2 aromatic carbocycles. The first-order valence-corrected chi connectivity index (χ1v) is 11.7. The largest absolute Gasteiger partial charge is 0.497 e. The van der Waals surface area contributed by atoms with Gasteiger partial charge < -0.3 is 20.3 Å². The van der Waals surface area contributed by atoms with E-state index < -0.39 is 5.91 Å². The Bertz CT molecular complexity index is 1280. The molecule has 1 saturated heterocycles. The third-order valence-corrected chi connectivity index (χ3v) is 6.60. The first-order chi connectivity index (χ1) is 17.0. The zero-order valence-electron chi connectivity index (χ0n) is 19.6. The van der Waals surface area contributed by atoms with Gasteiger partial charge in [-0.25, -0.2) is 4.68 Å². The summed E-state index contributed by atoms with van der Waals surface area (Å²) in [6, 6.07) is 14.9. The van der Waals surface area contributed by atoms with E-state index in [1.807, 2.05) is 29.2 Å². The summed E-state index contributed by atoms with van der Waals surface area (Å²) in [5, 5.41) is 4.40. The number of piperidine rings is 1. The van der Waals surface area contributed by atoms with Crippen molar-refractivity contribution in [1.82, 2.24) is 14.7 Å². The zero-order chi connectivity index (χ0) is 24.5. The zero-order valence-corrected chi connectivity index (χ0v) is 19.6. The molecule has 0 spiro atoms. The van der Waals surface area contributed by atoms with E-state index in [0.717, 1.165) is 30.6 Å². The Balaban J connectivity index is 1.41. The molecular weight excluding hydrogens is 446 g/mol. The van der Waals surface area contributed by atoms with Crippen molar-refractivity contribution < 1.29 is 19.1 Å². The maximum Gasteiger partial charge on any atom is 0.273 e. The van der Waals surface area contributed by atoms with Crippen LogP contribution in [-0.4, -0.2) is 52.6 Å². The molecule has 0 radical (unpaired) electrons. The lowest BCUT2D eigenvalue weighted by atomic mass is 10.0. The van der Waals surface area contributed by atoms with Crippen LogP contribution >= 0.6 is 0 Å². The maximum atomic E-state index is 13.6. The maximum absolute atomic E-state index is 13.6. The van der Waals surface area contributed by atoms with Crippen LogP contribution in [0.4, 0.5) is 5.69 Å². The number of methoxy groups -OCH3 is 1. The Kier molecular flexibility index (Phi) is 5.98. The van der Waals surface area contributed by atoms with Crippen LogP contribution in [0, 0.1) is 0 Å². The van der Waals surface area contributed by atoms with Crippen LogP contribution in [-0.2, 0) is 17.8 Å². The van der Waals surface area contributed by atoms with Gasteiger partial charge >= 0.3 is 0 Å². The van der Waals surface area contributed by atoms with Gasteiger partial charge in [0.2, 0.25) is 5.91 Å². The Labute approximate surface area is 203 Å². The van der Waals surface area contributed by atoms with Crippen molar-refractivity contribution in [3.63, 3.8) is 0 Å². The molecule has 0 aliphatic carbocycles. The molecule has 180 valence electrons. The smallest absolute Gasteiger partial charge is 0.273 e. The number of rotatable bonds is 6. The molecule has 2 N–H and O–H groups in total. The molecule has 2 aliphatic rings. The predicted molar refractivity (Wildman–Crippen MR) is 130 cm³/mol. The van der Waals surface area contributed by atoms with E-state index in [-0.39, 0.29) is 17.5 Å². The molecule has 9 heteroatoms. The van der Waals surface area contributed by atoms with Crippen molar-refractivity contribution >= 4 is 23.4 Å². The first-order valence-electron chi connectivity index (χ1n) is 11.7. The van der Waals surface area contributed by atoms with Crippen LogP contribution in [0.25, 0.3) is 5.69 Å². The highest BCUT2D eigenvalue weighted by Crippen LogP contribution is 2.28. The minimum absolute atomic E-state index is 0.124. The predicted octanol–water partition coefficient (Wildman–Crippen LogP) is 2.70. The molecule has 0 bridgehead atoms. The lowest BCUT2D eigenvalue weighted by molar-refractivity contribution is -0.119. The van der Waals surface area contributed by atoms with Gasteiger partial charge in [0.1, 0.15) is 11.4 Å². The minimum Gasteiger partial charge on any atom is -0.497 e. The van der Waals surface area contributed by atoms with Crippen LogP contribution in [0.2, 0.25) is 0 Å². The molecule has 3 heterocycles. The molecule has 3 aromatic rings. The summed E-state index contributed by atoms with van der Waals surface area (Å²) in [6.07, 6.45) is 3.02. The molecular formula is C26H27N5O4. The van der Waals surface area contributed by atoms with Gasteiger partial charge in [0.05, 0.1) is 12.8 Å². The number of carbonyl (C=O) groups is 3. The number of amides is 3. The molecule has 5 rings (SSSR count). The molecule has 35 heavy (non-hydrogen) atoms. The van der Waals surface area contributed by atoms with Gasteiger partial charge in [-0.1, -0.05) is 12.1 Å². The molecule has 2 aliphatic heterocycles. The van der Waals surface area contributed by atoms with Crippen molar-refractivity contribution in [3.05, 3.63) is 71.0 Å². The second kappa shape index (κ2) is 9.25. The lowest BCUT2D eigenvalue weighted by Crippen LogP contribution is -2.38. The van der Waals surface area contributed by atoms with Gasteiger partial charge in [0, 0.05) is 37.3 Å².